The minimum absolute atomic E-state index is 0.0459. The number of ether oxygens (including phenoxy) is 1. The molecule has 10 nitrogen and oxygen atoms in total. The lowest BCUT2D eigenvalue weighted by atomic mass is 9.99. The average Bonchev–Trinajstić information content (AvgIpc) is 3.28. The first-order valence-corrected chi connectivity index (χ1v) is 12.8. The molecule has 1 aliphatic rings. The van der Waals surface area contributed by atoms with E-state index >= 15 is 0 Å². The molecule has 1 N–H and O–H groups in total. The lowest BCUT2D eigenvalue weighted by Crippen LogP contribution is -2.75. The van der Waals surface area contributed by atoms with Crippen molar-refractivity contribution in [2.75, 3.05) is 0 Å². The molecule has 4 atom stereocenters. The SMILES string of the molecule is C=C(C)C(C(=O)OCc1ccc([N+](=O)[O-])cc1)N1C(=O)C(NC(=O)Cc2cccs2)C1S(=O)Cl. The number of nitro benzene ring substituents is 1. The molecule has 0 bridgehead atoms. The standard InChI is InChI=1S/C21H20ClN3O7S2/c1-12(2)18(21(28)32-11-13-5-7-14(8-6-13)25(29)30)24-19(27)17(20(24)34(22)31)23-16(26)10-15-4-3-9-33-15/h3-9,17-18,20H,1,10-11H2,2H3,(H,23,26). The van der Waals surface area contributed by atoms with Crippen LogP contribution in [-0.2, 0) is 42.2 Å². The molecular weight excluding hydrogens is 506 g/mol. The third-order valence-electron chi connectivity index (χ3n) is 5.00. The summed E-state index contributed by atoms with van der Waals surface area (Å²) in [4.78, 5) is 50.0. The predicted octanol–water partition coefficient (Wildman–Crippen LogP) is 2.44. The van der Waals surface area contributed by atoms with Crippen LogP contribution in [0.25, 0.3) is 0 Å². The van der Waals surface area contributed by atoms with E-state index in [4.69, 9.17) is 15.4 Å². The van der Waals surface area contributed by atoms with Crippen LogP contribution in [0.5, 0.6) is 0 Å². The summed E-state index contributed by atoms with van der Waals surface area (Å²) in [5, 5.41) is 13.9. The van der Waals surface area contributed by atoms with Crippen molar-refractivity contribution in [3.05, 3.63) is 74.5 Å². The van der Waals surface area contributed by atoms with E-state index in [0.29, 0.717) is 5.56 Å². The fraction of sp³-hybridized carbons (Fsp3) is 0.286. The van der Waals surface area contributed by atoms with E-state index in [1.807, 2.05) is 5.38 Å². The Bertz CT molecular complexity index is 1140. The molecule has 13 heteroatoms. The molecule has 0 radical (unpaired) electrons. The zero-order valence-electron chi connectivity index (χ0n) is 17.8. The van der Waals surface area contributed by atoms with Gasteiger partial charge in [-0.2, -0.15) is 0 Å². The number of thiophene rings is 1. The summed E-state index contributed by atoms with van der Waals surface area (Å²) in [5.74, 6) is -1.92. The Hall–Kier alpha value is -3.09. The fourth-order valence-electron chi connectivity index (χ4n) is 3.39. The van der Waals surface area contributed by atoms with Crippen LogP contribution in [0.4, 0.5) is 5.69 Å². The van der Waals surface area contributed by atoms with Crippen LogP contribution in [0.3, 0.4) is 0 Å². The summed E-state index contributed by atoms with van der Waals surface area (Å²) in [6.45, 7) is 5.02. The number of non-ortho nitro benzene ring substituents is 1. The second-order valence-electron chi connectivity index (χ2n) is 7.47. The Kier molecular flexibility index (Phi) is 8.18. The van der Waals surface area contributed by atoms with Crippen molar-refractivity contribution in [1.82, 2.24) is 10.2 Å². The van der Waals surface area contributed by atoms with Crippen molar-refractivity contribution in [1.29, 1.82) is 0 Å². The summed E-state index contributed by atoms with van der Waals surface area (Å²) in [6.07, 6.45) is 0.0459. The molecule has 0 saturated carbocycles. The topological polar surface area (TPSA) is 136 Å². The molecule has 2 heterocycles. The van der Waals surface area contributed by atoms with Crippen molar-refractivity contribution < 1.29 is 28.3 Å². The monoisotopic (exact) mass is 525 g/mol. The van der Waals surface area contributed by atoms with E-state index in [2.05, 4.69) is 11.9 Å². The third-order valence-corrected chi connectivity index (χ3v) is 7.30. The maximum Gasteiger partial charge on any atom is 0.333 e. The van der Waals surface area contributed by atoms with Gasteiger partial charge in [-0.15, -0.1) is 11.3 Å². The molecule has 1 fully saturated rings. The van der Waals surface area contributed by atoms with Gasteiger partial charge >= 0.3 is 5.97 Å². The first-order chi connectivity index (χ1) is 16.1. The Morgan fingerprint density at radius 2 is 2.03 bits per heavy atom. The highest BCUT2D eigenvalue weighted by Crippen LogP contribution is 2.31. The number of nitro groups is 1. The van der Waals surface area contributed by atoms with Crippen LogP contribution in [0.1, 0.15) is 17.4 Å². The number of hydrogen-bond donors (Lipinski definition) is 1. The smallest absolute Gasteiger partial charge is 0.333 e. The van der Waals surface area contributed by atoms with Crippen LogP contribution in [-0.4, -0.2) is 49.3 Å². The van der Waals surface area contributed by atoms with Gasteiger partial charge in [-0.25, -0.2) is 9.00 Å². The van der Waals surface area contributed by atoms with Gasteiger partial charge in [0.15, 0.2) is 11.4 Å². The molecule has 3 rings (SSSR count). The van der Waals surface area contributed by atoms with E-state index < -0.39 is 50.2 Å². The number of hydrogen-bond acceptors (Lipinski definition) is 8. The molecule has 1 saturated heterocycles. The molecule has 1 aromatic heterocycles. The van der Waals surface area contributed by atoms with Crippen molar-refractivity contribution in [2.45, 2.75) is 37.4 Å². The second kappa shape index (κ2) is 10.9. The summed E-state index contributed by atoms with van der Waals surface area (Å²) in [5.41, 5.74) is 0.628. The molecule has 0 aliphatic carbocycles. The van der Waals surface area contributed by atoms with Gasteiger partial charge in [0.05, 0.1) is 11.3 Å². The normalized spacial score (nSPS) is 19.0. The van der Waals surface area contributed by atoms with E-state index in [-0.39, 0.29) is 24.3 Å². The minimum atomic E-state index is -2.11. The maximum absolute atomic E-state index is 12.8. The molecule has 34 heavy (non-hydrogen) atoms. The number of nitrogens with zero attached hydrogens (tertiary/aromatic N) is 2. The first-order valence-electron chi connectivity index (χ1n) is 9.86. The molecule has 1 aliphatic heterocycles. The molecular formula is C21H20ClN3O7S2. The Morgan fingerprint density at radius 1 is 1.35 bits per heavy atom. The van der Waals surface area contributed by atoms with E-state index in [9.17, 15) is 28.7 Å². The first kappa shape index (κ1) is 25.5. The van der Waals surface area contributed by atoms with Gasteiger partial charge in [0.25, 0.3) is 5.69 Å². The summed E-state index contributed by atoms with van der Waals surface area (Å²) in [7, 11) is 3.71. The lowest BCUT2D eigenvalue weighted by molar-refractivity contribution is -0.384. The van der Waals surface area contributed by atoms with E-state index in [1.54, 1.807) is 12.1 Å². The third kappa shape index (κ3) is 5.69. The van der Waals surface area contributed by atoms with Gasteiger partial charge in [0, 0.05) is 17.0 Å². The molecule has 4 unspecified atom stereocenters. The van der Waals surface area contributed by atoms with E-state index in [1.165, 1.54) is 42.5 Å². The van der Waals surface area contributed by atoms with Crippen LogP contribution < -0.4 is 5.32 Å². The Balaban J connectivity index is 1.68. The Labute approximate surface area is 205 Å². The largest absolute Gasteiger partial charge is 0.459 e. The van der Waals surface area contributed by atoms with E-state index in [0.717, 1.165) is 9.78 Å². The van der Waals surface area contributed by atoms with Crippen LogP contribution in [0.2, 0.25) is 0 Å². The number of carbonyl (C=O) groups is 3. The lowest BCUT2D eigenvalue weighted by Gasteiger charge is -2.48. The molecule has 0 spiro atoms. The molecule has 2 amide bonds. The quantitative estimate of drug-likeness (QED) is 0.126. The Morgan fingerprint density at radius 3 is 2.56 bits per heavy atom. The van der Waals surface area contributed by atoms with Gasteiger partial charge in [0.2, 0.25) is 11.8 Å². The van der Waals surface area contributed by atoms with Gasteiger partial charge in [0.1, 0.15) is 22.7 Å². The number of halogens is 1. The average molecular weight is 526 g/mol. The number of amides is 2. The zero-order chi connectivity index (χ0) is 25.0. The maximum atomic E-state index is 12.8. The van der Waals surface area contributed by atoms with Gasteiger partial charge in [-0.1, -0.05) is 12.6 Å². The molecule has 1 aromatic carbocycles. The minimum Gasteiger partial charge on any atom is -0.459 e. The van der Waals surface area contributed by atoms with Crippen molar-refractivity contribution >= 4 is 55.5 Å². The number of likely N-dealkylation sites (tertiary alicyclic amines) is 1. The van der Waals surface area contributed by atoms with Crippen LogP contribution >= 0.6 is 22.0 Å². The zero-order valence-corrected chi connectivity index (χ0v) is 20.2. The molecule has 2 aromatic rings. The predicted molar refractivity (Wildman–Crippen MR) is 126 cm³/mol. The number of carbonyl (C=O) groups excluding carboxylic acids is 3. The van der Waals surface area contributed by atoms with Crippen molar-refractivity contribution in [2.24, 2.45) is 0 Å². The van der Waals surface area contributed by atoms with Crippen molar-refractivity contribution in [3.8, 4) is 0 Å². The fourth-order valence-corrected chi connectivity index (χ4v) is 5.46. The van der Waals surface area contributed by atoms with Gasteiger partial charge < -0.3 is 15.0 Å². The highest BCUT2D eigenvalue weighted by molar-refractivity contribution is 8.08. The molecule has 180 valence electrons. The number of esters is 1. The number of rotatable bonds is 10. The summed E-state index contributed by atoms with van der Waals surface area (Å²) in [6, 6.07) is 6.55. The highest BCUT2D eigenvalue weighted by Gasteiger charge is 2.56. The summed E-state index contributed by atoms with van der Waals surface area (Å²) < 4.78 is 17.5. The van der Waals surface area contributed by atoms with Gasteiger partial charge in [-0.3, -0.25) is 19.7 Å². The number of β-lactam (4-membered cyclic amide) rings is 1. The number of nitrogens with one attached hydrogen (secondary N) is 1. The van der Waals surface area contributed by atoms with Gasteiger partial charge in [-0.05, 0) is 52.3 Å². The van der Waals surface area contributed by atoms with Crippen molar-refractivity contribution in [3.63, 3.8) is 0 Å². The van der Waals surface area contributed by atoms with Crippen LogP contribution in [0.15, 0.2) is 53.9 Å². The second-order valence-corrected chi connectivity index (χ2v) is 10.4. The summed E-state index contributed by atoms with van der Waals surface area (Å²) >= 11 is 1.38. The number of benzene rings is 1. The van der Waals surface area contributed by atoms with Crippen LogP contribution in [0, 0.1) is 10.1 Å². The highest BCUT2D eigenvalue weighted by atomic mass is 35.7.